The number of amides is 2. The van der Waals surface area contributed by atoms with Crippen molar-refractivity contribution in [3.63, 3.8) is 0 Å². The van der Waals surface area contributed by atoms with Crippen LogP contribution in [0.25, 0.3) is 22.4 Å². The van der Waals surface area contributed by atoms with Gasteiger partial charge in [0.15, 0.2) is 0 Å². The number of nitrogens with zero attached hydrogens (tertiary/aromatic N) is 3. The molecule has 266 valence electrons. The Morgan fingerprint density at radius 2 is 1.61 bits per heavy atom. The number of hydrogen-bond donors (Lipinski definition) is 4. The second kappa shape index (κ2) is 15.6. The molecule has 0 aliphatic carbocycles. The van der Waals surface area contributed by atoms with Gasteiger partial charge in [0.1, 0.15) is 11.4 Å². The summed E-state index contributed by atoms with van der Waals surface area (Å²) in [7, 11) is 2.11. The van der Waals surface area contributed by atoms with Gasteiger partial charge in [-0.25, -0.2) is 9.59 Å². The zero-order valence-corrected chi connectivity index (χ0v) is 26.3. The molecular formula is C32H35F6N5O6. The van der Waals surface area contributed by atoms with Gasteiger partial charge in [-0.05, 0) is 54.8 Å². The van der Waals surface area contributed by atoms with Gasteiger partial charge in [0.2, 0.25) is 0 Å². The van der Waals surface area contributed by atoms with Crippen LogP contribution in [-0.2, 0) is 11.3 Å². The number of carboxylic acid groups (broad SMARTS) is 2. The summed E-state index contributed by atoms with van der Waals surface area (Å²) in [5.41, 5.74) is 4.16. The number of ether oxygens (including phenoxy) is 1. The molecule has 0 radical (unpaired) electrons. The monoisotopic (exact) mass is 699 g/mol. The summed E-state index contributed by atoms with van der Waals surface area (Å²) in [6.45, 7) is 5.42. The molecule has 17 heteroatoms. The lowest BCUT2D eigenvalue weighted by Crippen LogP contribution is -2.43. The fourth-order valence-corrected chi connectivity index (χ4v) is 5.64. The number of carboxylic acids is 1. The molecule has 5 rings (SSSR count). The maximum Gasteiger partial charge on any atom is 0.573 e. The Kier molecular flexibility index (Phi) is 11.8. The highest BCUT2D eigenvalue weighted by Crippen LogP contribution is 2.41. The van der Waals surface area contributed by atoms with Gasteiger partial charge in [0, 0.05) is 51.4 Å². The third kappa shape index (κ3) is 10.4. The molecule has 1 saturated heterocycles. The summed E-state index contributed by atoms with van der Waals surface area (Å²) < 4.78 is 76.9. The molecule has 1 aromatic heterocycles. The molecule has 4 N–H and O–H groups in total. The molecule has 2 aliphatic rings. The minimum atomic E-state index is -5.08. The third-order valence-corrected chi connectivity index (χ3v) is 7.97. The quantitative estimate of drug-likeness (QED) is 0.172. The van der Waals surface area contributed by atoms with Gasteiger partial charge < -0.3 is 35.1 Å². The standard InChI is InChI=1S/C30H34F3N5O4.C2HF3O2/c1-36-12-14-37(15-13-36)19-20-7-9-21(10-8-20)27-25(22-4-2-6-24(16-22)42-30(31,32)33)17-26-28(39)35-18-23(38(26)27)5-3-11-34-29(40)41;3-2(4,5)1(6)7/h2,4,6-10,16-17,23,34H,3,5,11-15,18-19H2,1H3,(H,35,39)(H,40,41);(H,6,7)/t23-;/m0./s1. The Hall–Kier alpha value is -4.77. The Labute approximate surface area is 277 Å². The van der Waals surface area contributed by atoms with E-state index >= 15 is 0 Å². The van der Waals surface area contributed by atoms with Crippen molar-refractivity contribution in [3.05, 3.63) is 65.9 Å². The molecule has 0 bridgehead atoms. The van der Waals surface area contributed by atoms with Crippen LogP contribution in [0.4, 0.5) is 31.1 Å². The second-order valence-electron chi connectivity index (χ2n) is 11.6. The van der Waals surface area contributed by atoms with E-state index in [0.717, 1.165) is 43.9 Å². The summed E-state index contributed by atoms with van der Waals surface area (Å²) >= 11 is 0. The van der Waals surface area contributed by atoms with Crippen molar-refractivity contribution in [2.75, 3.05) is 46.3 Å². The van der Waals surface area contributed by atoms with E-state index in [0.29, 0.717) is 41.9 Å². The molecule has 3 heterocycles. The summed E-state index contributed by atoms with van der Waals surface area (Å²) in [6, 6.07) is 15.4. The number of alkyl halides is 6. The van der Waals surface area contributed by atoms with Crippen LogP contribution in [0.2, 0.25) is 0 Å². The smallest absolute Gasteiger partial charge is 0.475 e. The molecule has 1 atom stereocenters. The number of aliphatic carboxylic acids is 1. The number of carbonyl (C=O) groups is 3. The number of nitrogens with one attached hydrogen (secondary N) is 2. The number of carbonyl (C=O) groups excluding carboxylic acids is 1. The van der Waals surface area contributed by atoms with E-state index in [1.807, 2.05) is 16.7 Å². The van der Waals surface area contributed by atoms with Gasteiger partial charge in [-0.1, -0.05) is 36.4 Å². The van der Waals surface area contributed by atoms with Crippen molar-refractivity contribution in [3.8, 4) is 28.1 Å². The minimum Gasteiger partial charge on any atom is -0.475 e. The first kappa shape index (κ1) is 37.1. The van der Waals surface area contributed by atoms with Crippen LogP contribution < -0.4 is 15.4 Å². The summed E-state index contributed by atoms with van der Waals surface area (Å²) in [4.78, 5) is 37.5. The Bertz CT molecular complexity index is 1620. The van der Waals surface area contributed by atoms with Crippen LogP contribution in [-0.4, -0.2) is 101 Å². The molecule has 2 amide bonds. The van der Waals surface area contributed by atoms with Crippen molar-refractivity contribution in [2.24, 2.45) is 0 Å². The highest BCUT2D eigenvalue weighted by atomic mass is 19.4. The molecule has 3 aromatic rings. The Morgan fingerprint density at radius 3 is 2.20 bits per heavy atom. The number of halogens is 6. The Balaban J connectivity index is 0.000000698. The van der Waals surface area contributed by atoms with E-state index in [1.54, 1.807) is 12.1 Å². The lowest BCUT2D eigenvalue weighted by atomic mass is 9.99. The molecular weight excluding hydrogens is 664 g/mol. The first-order valence-electron chi connectivity index (χ1n) is 15.2. The molecule has 49 heavy (non-hydrogen) atoms. The fourth-order valence-electron chi connectivity index (χ4n) is 5.64. The lowest BCUT2D eigenvalue weighted by molar-refractivity contribution is -0.274. The normalized spacial score (nSPS) is 17.0. The summed E-state index contributed by atoms with van der Waals surface area (Å²) in [5.74, 6) is -3.39. The van der Waals surface area contributed by atoms with Crippen molar-refractivity contribution in [1.82, 2.24) is 25.0 Å². The average Bonchev–Trinajstić information content (AvgIpc) is 3.43. The third-order valence-electron chi connectivity index (χ3n) is 7.97. The zero-order chi connectivity index (χ0) is 35.9. The predicted octanol–water partition coefficient (Wildman–Crippen LogP) is 5.43. The van der Waals surface area contributed by atoms with E-state index in [-0.39, 0.29) is 24.2 Å². The SMILES string of the molecule is CN1CCN(Cc2ccc(-c3c(-c4cccc(OC(F)(F)F)c4)cc4n3[C@@H](CCCNC(=O)O)CNC4=O)cc2)CC1.O=C(O)C(F)(F)F. The number of hydrogen-bond acceptors (Lipinski definition) is 6. The molecule has 11 nitrogen and oxygen atoms in total. The summed E-state index contributed by atoms with van der Waals surface area (Å²) in [6.07, 6.45) is -9.91. The first-order chi connectivity index (χ1) is 23.0. The van der Waals surface area contributed by atoms with Gasteiger partial charge in [-0.3, -0.25) is 9.69 Å². The first-order valence-corrected chi connectivity index (χ1v) is 15.2. The second-order valence-corrected chi connectivity index (χ2v) is 11.6. The van der Waals surface area contributed by atoms with Crippen LogP contribution in [0.3, 0.4) is 0 Å². The van der Waals surface area contributed by atoms with Crippen molar-refractivity contribution >= 4 is 18.0 Å². The number of piperazine rings is 1. The van der Waals surface area contributed by atoms with Gasteiger partial charge in [0.25, 0.3) is 5.91 Å². The van der Waals surface area contributed by atoms with Gasteiger partial charge in [-0.15, -0.1) is 13.2 Å². The van der Waals surface area contributed by atoms with Crippen molar-refractivity contribution < 1.29 is 55.7 Å². The molecule has 0 saturated carbocycles. The van der Waals surface area contributed by atoms with Crippen LogP contribution in [0.5, 0.6) is 5.75 Å². The minimum absolute atomic E-state index is 0.184. The largest absolute Gasteiger partial charge is 0.573 e. The number of aromatic nitrogens is 1. The maximum absolute atomic E-state index is 13.0. The maximum atomic E-state index is 13.0. The lowest BCUT2D eigenvalue weighted by Gasteiger charge is -2.32. The van der Waals surface area contributed by atoms with Gasteiger partial charge in [0.05, 0.1) is 11.7 Å². The highest BCUT2D eigenvalue weighted by Gasteiger charge is 2.38. The predicted molar refractivity (Wildman–Crippen MR) is 165 cm³/mol. The number of benzene rings is 2. The van der Waals surface area contributed by atoms with E-state index in [1.165, 1.54) is 18.2 Å². The summed E-state index contributed by atoms with van der Waals surface area (Å²) in [5, 5.41) is 21.3. The molecule has 2 aliphatic heterocycles. The van der Waals surface area contributed by atoms with Crippen LogP contribution >= 0.6 is 0 Å². The van der Waals surface area contributed by atoms with Gasteiger partial charge >= 0.3 is 24.6 Å². The van der Waals surface area contributed by atoms with Crippen LogP contribution in [0, 0.1) is 0 Å². The Morgan fingerprint density at radius 1 is 0.959 bits per heavy atom. The fraction of sp³-hybridized carbons (Fsp3) is 0.406. The zero-order valence-electron chi connectivity index (χ0n) is 26.3. The van der Waals surface area contributed by atoms with E-state index in [2.05, 4.69) is 44.4 Å². The number of likely N-dealkylation sites (N-methyl/N-ethyl adjacent to an activating group) is 1. The number of fused-ring (bicyclic) bond motifs is 1. The number of rotatable bonds is 9. The molecule has 0 spiro atoms. The topological polar surface area (TPSA) is 136 Å². The van der Waals surface area contributed by atoms with Crippen LogP contribution in [0.15, 0.2) is 54.6 Å². The van der Waals surface area contributed by atoms with Crippen molar-refractivity contribution in [1.29, 1.82) is 0 Å². The van der Waals surface area contributed by atoms with E-state index < -0.39 is 24.6 Å². The van der Waals surface area contributed by atoms with E-state index in [4.69, 9.17) is 15.0 Å². The molecule has 2 aromatic carbocycles. The van der Waals surface area contributed by atoms with Crippen molar-refractivity contribution in [2.45, 2.75) is 38.0 Å². The molecule has 0 unspecified atom stereocenters. The highest BCUT2D eigenvalue weighted by molar-refractivity contribution is 5.98. The average molecular weight is 700 g/mol. The van der Waals surface area contributed by atoms with Gasteiger partial charge in [-0.2, -0.15) is 13.2 Å². The van der Waals surface area contributed by atoms with Crippen LogP contribution in [0.1, 0.15) is 34.9 Å². The molecule has 1 fully saturated rings. The van der Waals surface area contributed by atoms with E-state index in [9.17, 15) is 35.9 Å².